The van der Waals surface area contributed by atoms with E-state index >= 15 is 0 Å². The molecule has 1 unspecified atom stereocenters. The summed E-state index contributed by atoms with van der Waals surface area (Å²) >= 11 is 0. The number of rotatable bonds is 3. The number of aromatic nitrogens is 2. The van der Waals surface area contributed by atoms with Gasteiger partial charge in [0.1, 0.15) is 11.9 Å². The van der Waals surface area contributed by atoms with E-state index in [0.717, 1.165) is 31.2 Å². The highest BCUT2D eigenvalue weighted by atomic mass is 16.5. The molecular formula is C18H21N5O2. The number of fused-ring (bicyclic) bond motifs is 1. The Hall–Kier alpha value is -2.83. The van der Waals surface area contributed by atoms with E-state index in [4.69, 9.17) is 4.74 Å². The van der Waals surface area contributed by atoms with E-state index in [2.05, 4.69) is 26.3 Å². The van der Waals surface area contributed by atoms with Gasteiger partial charge in [0, 0.05) is 45.0 Å². The monoisotopic (exact) mass is 339 g/mol. The van der Waals surface area contributed by atoms with Crippen LogP contribution >= 0.6 is 0 Å². The lowest BCUT2D eigenvalue weighted by molar-refractivity contribution is 0.181. The maximum Gasteiger partial charge on any atom is 0.317 e. The highest BCUT2D eigenvalue weighted by molar-refractivity contribution is 5.74. The number of piperazine rings is 1. The lowest BCUT2D eigenvalue weighted by Gasteiger charge is -2.34. The minimum Gasteiger partial charge on any atom is -0.488 e. The van der Waals surface area contributed by atoms with E-state index in [1.165, 1.54) is 5.56 Å². The van der Waals surface area contributed by atoms with Crippen molar-refractivity contribution in [3.63, 3.8) is 0 Å². The predicted octanol–water partition coefficient (Wildman–Crippen LogP) is 1.31. The molecule has 25 heavy (non-hydrogen) atoms. The molecular weight excluding hydrogens is 318 g/mol. The summed E-state index contributed by atoms with van der Waals surface area (Å²) in [5, 5.41) is 3.00. The van der Waals surface area contributed by atoms with Crippen LogP contribution in [-0.4, -0.2) is 59.7 Å². The van der Waals surface area contributed by atoms with Gasteiger partial charge < -0.3 is 19.9 Å². The fourth-order valence-corrected chi connectivity index (χ4v) is 3.24. The number of amides is 2. The molecule has 1 saturated heterocycles. The molecule has 1 atom stereocenters. The number of hydrogen-bond acceptors (Lipinski definition) is 5. The van der Waals surface area contributed by atoms with Gasteiger partial charge in [-0.1, -0.05) is 18.2 Å². The van der Waals surface area contributed by atoms with E-state index in [9.17, 15) is 4.79 Å². The summed E-state index contributed by atoms with van der Waals surface area (Å²) in [5.41, 5.74) is 1.21. The first kappa shape index (κ1) is 15.7. The van der Waals surface area contributed by atoms with E-state index in [1.807, 2.05) is 23.1 Å². The summed E-state index contributed by atoms with van der Waals surface area (Å²) in [7, 11) is 0. The number of para-hydroxylation sites is 1. The average molecular weight is 339 g/mol. The highest BCUT2D eigenvalue weighted by Gasteiger charge is 2.25. The molecule has 1 aromatic heterocycles. The third-order valence-electron chi connectivity index (χ3n) is 4.60. The number of hydrogen-bond donors (Lipinski definition) is 1. The first-order chi connectivity index (χ1) is 12.3. The van der Waals surface area contributed by atoms with Crippen molar-refractivity contribution < 1.29 is 9.53 Å². The van der Waals surface area contributed by atoms with Gasteiger partial charge in [-0.05, 0) is 17.7 Å². The number of carbonyl (C=O) groups is 1. The molecule has 7 nitrogen and oxygen atoms in total. The molecule has 2 aliphatic heterocycles. The van der Waals surface area contributed by atoms with Crippen molar-refractivity contribution in [2.24, 2.45) is 0 Å². The molecule has 0 radical (unpaired) electrons. The zero-order valence-corrected chi connectivity index (χ0v) is 14.0. The summed E-state index contributed by atoms with van der Waals surface area (Å²) in [6.45, 7) is 3.33. The van der Waals surface area contributed by atoms with Crippen LogP contribution in [0.3, 0.4) is 0 Å². The Morgan fingerprint density at radius 3 is 2.64 bits per heavy atom. The Labute approximate surface area is 146 Å². The van der Waals surface area contributed by atoms with E-state index in [0.29, 0.717) is 19.6 Å². The Bertz CT molecular complexity index is 706. The molecule has 1 N–H and O–H groups in total. The van der Waals surface area contributed by atoms with Crippen LogP contribution in [0.25, 0.3) is 0 Å². The molecule has 1 fully saturated rings. The van der Waals surface area contributed by atoms with Crippen molar-refractivity contribution in [2.75, 3.05) is 37.6 Å². The fourth-order valence-electron chi connectivity index (χ4n) is 3.24. The van der Waals surface area contributed by atoms with Crippen LogP contribution in [-0.2, 0) is 6.42 Å². The molecule has 0 spiro atoms. The Morgan fingerprint density at radius 1 is 1.12 bits per heavy atom. The molecule has 2 aromatic rings. The quantitative estimate of drug-likeness (QED) is 0.913. The van der Waals surface area contributed by atoms with Crippen LogP contribution in [0, 0.1) is 0 Å². The number of urea groups is 1. The van der Waals surface area contributed by atoms with E-state index in [-0.39, 0.29) is 12.1 Å². The van der Waals surface area contributed by atoms with Crippen molar-refractivity contribution in [2.45, 2.75) is 12.5 Å². The molecule has 0 aliphatic carbocycles. The summed E-state index contributed by atoms with van der Waals surface area (Å²) < 4.78 is 5.86. The molecule has 3 heterocycles. The highest BCUT2D eigenvalue weighted by Crippen LogP contribution is 2.27. The molecule has 1 aromatic carbocycles. The van der Waals surface area contributed by atoms with Crippen molar-refractivity contribution in [3.05, 3.63) is 48.3 Å². The van der Waals surface area contributed by atoms with Gasteiger partial charge in [0.05, 0.1) is 6.54 Å². The van der Waals surface area contributed by atoms with Gasteiger partial charge in [-0.3, -0.25) is 0 Å². The van der Waals surface area contributed by atoms with Crippen LogP contribution in [0.1, 0.15) is 5.56 Å². The van der Waals surface area contributed by atoms with Crippen LogP contribution < -0.4 is 15.0 Å². The Balaban J connectivity index is 1.24. The minimum atomic E-state index is -0.0341. The van der Waals surface area contributed by atoms with E-state index < -0.39 is 0 Å². The first-order valence-corrected chi connectivity index (χ1v) is 8.59. The average Bonchev–Trinajstić information content (AvgIpc) is 3.10. The van der Waals surface area contributed by atoms with Gasteiger partial charge in [0.25, 0.3) is 0 Å². The second-order valence-electron chi connectivity index (χ2n) is 6.26. The van der Waals surface area contributed by atoms with Crippen molar-refractivity contribution in [1.82, 2.24) is 20.2 Å². The number of benzene rings is 1. The minimum absolute atomic E-state index is 0.0142. The van der Waals surface area contributed by atoms with E-state index in [1.54, 1.807) is 18.5 Å². The van der Waals surface area contributed by atoms with Crippen LogP contribution in [0.2, 0.25) is 0 Å². The third-order valence-corrected chi connectivity index (χ3v) is 4.60. The topological polar surface area (TPSA) is 70.6 Å². The van der Waals surface area contributed by atoms with Gasteiger partial charge in [-0.25, -0.2) is 14.8 Å². The first-order valence-electron chi connectivity index (χ1n) is 8.59. The zero-order valence-electron chi connectivity index (χ0n) is 14.0. The lowest BCUT2D eigenvalue weighted by atomic mass is 10.1. The standard InChI is InChI=1S/C18H21N5O2/c24-18(21-13-15-12-14-4-1-2-5-16(14)25-15)23-10-8-22(9-11-23)17-19-6-3-7-20-17/h1-7,15H,8-13H2,(H,21,24). The summed E-state index contributed by atoms with van der Waals surface area (Å²) in [4.78, 5) is 24.8. The van der Waals surface area contributed by atoms with Crippen LogP contribution in [0.15, 0.2) is 42.7 Å². The smallest absolute Gasteiger partial charge is 0.317 e. The molecule has 0 bridgehead atoms. The predicted molar refractivity (Wildman–Crippen MR) is 93.8 cm³/mol. The normalized spacial score (nSPS) is 19.3. The number of nitrogens with zero attached hydrogens (tertiary/aromatic N) is 4. The second-order valence-corrected chi connectivity index (χ2v) is 6.26. The lowest BCUT2D eigenvalue weighted by Crippen LogP contribution is -2.53. The SMILES string of the molecule is O=C(NCC1Cc2ccccc2O1)N1CCN(c2ncccn2)CC1. The zero-order chi connectivity index (χ0) is 17.1. The summed E-state index contributed by atoms with van der Waals surface area (Å²) in [6, 6.07) is 9.79. The van der Waals surface area contributed by atoms with Crippen LogP contribution in [0.5, 0.6) is 5.75 Å². The maximum atomic E-state index is 12.4. The molecule has 130 valence electrons. The molecule has 2 amide bonds. The fraction of sp³-hybridized carbons (Fsp3) is 0.389. The van der Waals surface area contributed by atoms with Gasteiger partial charge in [0.2, 0.25) is 5.95 Å². The van der Waals surface area contributed by atoms with Gasteiger partial charge in [-0.2, -0.15) is 0 Å². The number of nitrogens with one attached hydrogen (secondary N) is 1. The van der Waals surface area contributed by atoms with Crippen molar-refractivity contribution in [3.8, 4) is 5.75 Å². The van der Waals surface area contributed by atoms with Gasteiger partial charge in [0.15, 0.2) is 0 Å². The summed E-state index contributed by atoms with van der Waals surface area (Å²) in [5.74, 6) is 1.65. The maximum absolute atomic E-state index is 12.4. The molecule has 0 saturated carbocycles. The molecule has 2 aliphatic rings. The number of anilines is 1. The van der Waals surface area contributed by atoms with Gasteiger partial charge >= 0.3 is 6.03 Å². The van der Waals surface area contributed by atoms with Crippen molar-refractivity contribution in [1.29, 1.82) is 0 Å². The second kappa shape index (κ2) is 6.96. The summed E-state index contributed by atoms with van der Waals surface area (Å²) in [6.07, 6.45) is 4.33. The Kier molecular flexibility index (Phi) is 4.37. The van der Waals surface area contributed by atoms with Crippen molar-refractivity contribution >= 4 is 12.0 Å². The van der Waals surface area contributed by atoms with Gasteiger partial charge in [-0.15, -0.1) is 0 Å². The molecule has 4 rings (SSSR count). The molecule has 7 heteroatoms. The third kappa shape index (κ3) is 3.50. The number of ether oxygens (including phenoxy) is 1. The Morgan fingerprint density at radius 2 is 1.88 bits per heavy atom. The van der Waals surface area contributed by atoms with Crippen LogP contribution in [0.4, 0.5) is 10.7 Å². The number of carbonyl (C=O) groups excluding carboxylic acids is 1. The largest absolute Gasteiger partial charge is 0.488 e.